The first-order chi connectivity index (χ1) is 20.2. The number of benzene rings is 3. The van der Waals surface area contributed by atoms with Crippen LogP contribution in [0.4, 0.5) is 11.4 Å². The number of ether oxygens (including phenoxy) is 2. The lowest BCUT2D eigenvalue weighted by molar-refractivity contribution is -0.130. The normalized spacial score (nSPS) is 20.2. The Morgan fingerprint density at radius 3 is 2.50 bits per heavy atom. The van der Waals surface area contributed by atoms with Crippen molar-refractivity contribution in [1.29, 1.82) is 0 Å². The Balaban J connectivity index is 1.66. The van der Waals surface area contributed by atoms with Gasteiger partial charge >= 0.3 is 0 Å². The Kier molecular flexibility index (Phi) is 9.15. The summed E-state index contributed by atoms with van der Waals surface area (Å²) in [5.74, 6) is -0.279. The molecular formula is C32H37BrN4O5. The molecule has 9 nitrogen and oxygen atoms in total. The van der Waals surface area contributed by atoms with E-state index in [4.69, 9.17) is 9.47 Å². The number of halogens is 1. The van der Waals surface area contributed by atoms with Crippen molar-refractivity contribution in [3.05, 3.63) is 64.6 Å². The quantitative estimate of drug-likeness (QED) is 0.399. The van der Waals surface area contributed by atoms with Crippen LogP contribution < -0.4 is 25.2 Å². The lowest BCUT2D eigenvalue weighted by Gasteiger charge is -2.35. The Morgan fingerprint density at radius 2 is 1.81 bits per heavy atom. The van der Waals surface area contributed by atoms with E-state index in [2.05, 4.69) is 26.6 Å². The number of fused-ring (bicyclic) bond motifs is 2. The van der Waals surface area contributed by atoms with Crippen molar-refractivity contribution in [3.63, 3.8) is 0 Å². The first kappa shape index (κ1) is 30.0. The van der Waals surface area contributed by atoms with Crippen LogP contribution in [0.5, 0.6) is 5.75 Å². The number of rotatable bonds is 7. The van der Waals surface area contributed by atoms with E-state index >= 15 is 0 Å². The number of methoxy groups -OCH3 is 1. The highest BCUT2D eigenvalue weighted by atomic mass is 79.9. The number of hydrogen-bond acceptors (Lipinski definition) is 6. The highest BCUT2D eigenvalue weighted by molar-refractivity contribution is 9.10. The van der Waals surface area contributed by atoms with Crippen molar-refractivity contribution in [3.8, 4) is 5.75 Å². The summed E-state index contributed by atoms with van der Waals surface area (Å²) in [5, 5.41) is 7.85. The van der Waals surface area contributed by atoms with Gasteiger partial charge in [0, 0.05) is 29.2 Å². The van der Waals surface area contributed by atoms with Crippen LogP contribution in [0.2, 0.25) is 0 Å². The SMILES string of the molecule is CNC(C)C(=O)NC1C(=O)N(Cc2c(OC)ccc3cc(Br)ccc23)c2ccccc2N(C(=O)C2CCOCC2)C1C. The van der Waals surface area contributed by atoms with Crippen molar-refractivity contribution >= 4 is 55.8 Å². The third kappa shape index (κ3) is 5.75. The van der Waals surface area contributed by atoms with E-state index in [0.29, 0.717) is 43.2 Å². The molecule has 0 spiro atoms. The third-order valence-corrected chi connectivity index (χ3v) is 8.87. The van der Waals surface area contributed by atoms with Gasteiger partial charge in [0.15, 0.2) is 0 Å². The van der Waals surface area contributed by atoms with Crippen LogP contribution in [0.3, 0.4) is 0 Å². The van der Waals surface area contributed by atoms with Crippen LogP contribution in [0.1, 0.15) is 32.3 Å². The smallest absolute Gasteiger partial charge is 0.252 e. The molecule has 0 aliphatic carbocycles. The van der Waals surface area contributed by atoms with E-state index in [1.54, 1.807) is 30.9 Å². The molecule has 0 bridgehead atoms. The van der Waals surface area contributed by atoms with Crippen molar-refractivity contribution in [1.82, 2.24) is 10.6 Å². The van der Waals surface area contributed by atoms with Crippen LogP contribution in [0.25, 0.3) is 10.8 Å². The molecule has 42 heavy (non-hydrogen) atoms. The van der Waals surface area contributed by atoms with Crippen molar-refractivity contribution in [2.24, 2.45) is 5.92 Å². The van der Waals surface area contributed by atoms with Crippen LogP contribution in [-0.4, -0.2) is 63.2 Å². The number of likely N-dealkylation sites (N-methyl/N-ethyl adjacent to an activating group) is 1. The molecule has 1 saturated heterocycles. The minimum atomic E-state index is -0.986. The zero-order chi connectivity index (χ0) is 30.0. The molecule has 2 heterocycles. The summed E-state index contributed by atoms with van der Waals surface area (Å²) in [4.78, 5) is 45.3. The second-order valence-corrected chi connectivity index (χ2v) is 11.8. The molecule has 2 aliphatic rings. The number of nitrogens with one attached hydrogen (secondary N) is 2. The van der Waals surface area contributed by atoms with E-state index in [9.17, 15) is 14.4 Å². The van der Waals surface area contributed by atoms with Gasteiger partial charge in [0.2, 0.25) is 11.8 Å². The maximum atomic E-state index is 14.6. The molecule has 3 unspecified atom stereocenters. The van der Waals surface area contributed by atoms with Crippen LogP contribution in [0, 0.1) is 5.92 Å². The fourth-order valence-corrected chi connectivity index (χ4v) is 6.21. The molecular weight excluding hydrogens is 600 g/mol. The summed E-state index contributed by atoms with van der Waals surface area (Å²) in [5.41, 5.74) is 2.07. The fraction of sp³-hybridized carbons (Fsp3) is 0.406. The highest BCUT2D eigenvalue weighted by Gasteiger charge is 2.44. The standard InChI is InChI=1S/C32H37BrN4O5/c1-19(34-3)30(38)35-29-20(2)37(31(39)21-13-15-42-16-14-21)27-8-6-5-7-26(27)36(32(29)40)18-25-24-11-10-23(33)17-22(24)9-12-28(25)41-4/h5-12,17,19-21,29,34H,13-16,18H2,1-4H3,(H,35,38). The largest absolute Gasteiger partial charge is 0.496 e. The highest BCUT2D eigenvalue weighted by Crippen LogP contribution is 2.40. The molecule has 2 N–H and O–H groups in total. The fourth-order valence-electron chi connectivity index (χ4n) is 5.83. The van der Waals surface area contributed by atoms with Gasteiger partial charge in [-0.3, -0.25) is 14.4 Å². The minimum absolute atomic E-state index is 0.0681. The first-order valence-corrected chi connectivity index (χ1v) is 15.1. The van der Waals surface area contributed by atoms with Crippen LogP contribution in [0.15, 0.2) is 59.1 Å². The Labute approximate surface area is 254 Å². The summed E-state index contributed by atoms with van der Waals surface area (Å²) >= 11 is 3.55. The maximum absolute atomic E-state index is 14.6. The van der Waals surface area contributed by atoms with Crippen LogP contribution >= 0.6 is 15.9 Å². The molecule has 222 valence electrons. The summed E-state index contributed by atoms with van der Waals surface area (Å²) in [6.07, 6.45) is 1.22. The third-order valence-electron chi connectivity index (χ3n) is 8.37. The Hall–Kier alpha value is -3.47. The topological polar surface area (TPSA) is 100 Å². The van der Waals surface area contributed by atoms with Gasteiger partial charge in [0.25, 0.3) is 5.91 Å². The Bertz CT molecular complexity index is 1490. The van der Waals surface area contributed by atoms with Gasteiger partial charge < -0.3 is 29.9 Å². The monoisotopic (exact) mass is 636 g/mol. The number of nitrogens with zero attached hydrogens (tertiary/aromatic N) is 2. The maximum Gasteiger partial charge on any atom is 0.252 e. The number of hydrogen-bond donors (Lipinski definition) is 2. The first-order valence-electron chi connectivity index (χ1n) is 14.3. The second kappa shape index (κ2) is 12.8. The van der Waals surface area contributed by atoms with Gasteiger partial charge in [-0.1, -0.05) is 40.2 Å². The molecule has 0 saturated carbocycles. The molecule has 1 fully saturated rings. The molecule has 3 atom stereocenters. The molecule has 5 rings (SSSR count). The predicted molar refractivity (Wildman–Crippen MR) is 167 cm³/mol. The average molecular weight is 638 g/mol. The number of amides is 3. The van der Waals surface area contributed by atoms with Gasteiger partial charge in [-0.25, -0.2) is 0 Å². The summed E-state index contributed by atoms with van der Waals surface area (Å²) in [6.45, 7) is 4.78. The van der Waals surface area contributed by atoms with Crippen LogP contribution in [-0.2, 0) is 25.7 Å². The van der Waals surface area contributed by atoms with E-state index in [1.165, 1.54) is 0 Å². The van der Waals surface area contributed by atoms with Gasteiger partial charge in [-0.05, 0) is 74.8 Å². The van der Waals surface area contributed by atoms with Crippen molar-refractivity contribution < 1.29 is 23.9 Å². The lowest BCUT2D eigenvalue weighted by Crippen LogP contribution is -2.60. The molecule has 10 heteroatoms. The van der Waals surface area contributed by atoms with E-state index < -0.39 is 18.1 Å². The molecule has 3 amide bonds. The molecule has 2 aliphatic heterocycles. The van der Waals surface area contributed by atoms with Gasteiger partial charge in [-0.15, -0.1) is 0 Å². The Morgan fingerprint density at radius 1 is 1.10 bits per heavy atom. The number of carbonyl (C=O) groups excluding carboxylic acids is 3. The molecule has 3 aromatic rings. The van der Waals surface area contributed by atoms with E-state index in [0.717, 1.165) is 20.8 Å². The molecule has 3 aromatic carbocycles. The summed E-state index contributed by atoms with van der Waals surface area (Å²) in [7, 11) is 3.30. The zero-order valence-electron chi connectivity index (χ0n) is 24.4. The lowest BCUT2D eigenvalue weighted by atomic mass is 9.96. The average Bonchev–Trinajstić information content (AvgIpc) is 3.09. The number of anilines is 2. The van der Waals surface area contributed by atoms with Gasteiger partial charge in [0.05, 0.1) is 37.1 Å². The van der Waals surface area contributed by atoms with E-state index in [-0.39, 0.29) is 30.2 Å². The second-order valence-electron chi connectivity index (χ2n) is 10.9. The number of para-hydroxylation sites is 2. The zero-order valence-corrected chi connectivity index (χ0v) is 25.9. The molecule has 0 aromatic heterocycles. The van der Waals surface area contributed by atoms with Gasteiger partial charge in [-0.2, -0.15) is 0 Å². The number of carbonyl (C=O) groups is 3. The van der Waals surface area contributed by atoms with Crippen molar-refractivity contribution in [2.75, 3.05) is 37.2 Å². The predicted octanol–water partition coefficient (Wildman–Crippen LogP) is 4.40. The summed E-state index contributed by atoms with van der Waals surface area (Å²) in [6, 6.07) is 15.2. The minimum Gasteiger partial charge on any atom is -0.496 e. The molecule has 0 radical (unpaired) electrons. The van der Waals surface area contributed by atoms with E-state index in [1.807, 2.05) is 61.5 Å². The van der Waals surface area contributed by atoms with Crippen molar-refractivity contribution in [2.45, 2.75) is 51.4 Å². The van der Waals surface area contributed by atoms with Gasteiger partial charge in [0.1, 0.15) is 11.8 Å². The summed E-state index contributed by atoms with van der Waals surface area (Å²) < 4.78 is 12.2.